The van der Waals surface area contributed by atoms with Crippen LogP contribution in [-0.4, -0.2) is 12.3 Å². The molecule has 0 heterocycles. The quantitative estimate of drug-likeness (QED) is 0.562. The third-order valence-electron chi connectivity index (χ3n) is 3.69. The molecule has 0 aliphatic carbocycles. The molecule has 0 nitrogen and oxygen atoms in total. The van der Waals surface area contributed by atoms with Crippen molar-refractivity contribution in [3.8, 4) is 0 Å². The predicted molar refractivity (Wildman–Crippen MR) is 89.3 cm³/mol. The van der Waals surface area contributed by atoms with E-state index in [1.807, 2.05) is 0 Å². The zero-order chi connectivity index (χ0) is 13.6. The molecule has 0 saturated heterocycles. The molecule has 19 heavy (non-hydrogen) atoms. The van der Waals surface area contributed by atoms with Crippen LogP contribution in [0.1, 0.15) is 13.8 Å². The third-order valence-corrected chi connectivity index (χ3v) is 8.18. The van der Waals surface area contributed by atoms with Crippen LogP contribution in [0.3, 0.4) is 0 Å². The van der Waals surface area contributed by atoms with Gasteiger partial charge in [0.05, 0.1) is 30.2 Å². The first-order valence-corrected chi connectivity index (χ1v) is 9.09. The largest absolute Gasteiger partial charge is 0.0995 e. The molecule has 0 fully saturated rings. The Bertz CT molecular complexity index is 474. The van der Waals surface area contributed by atoms with Crippen LogP contribution >= 0.6 is 7.26 Å². The Morgan fingerprint density at radius 2 is 1.32 bits per heavy atom. The summed E-state index contributed by atoms with van der Waals surface area (Å²) in [4.78, 5) is 0. The summed E-state index contributed by atoms with van der Waals surface area (Å²) in [7, 11) is -1.29. The van der Waals surface area contributed by atoms with Gasteiger partial charge in [-0.1, -0.05) is 48.6 Å². The van der Waals surface area contributed by atoms with Crippen molar-refractivity contribution in [2.75, 3.05) is 12.3 Å². The Morgan fingerprint density at radius 1 is 0.842 bits per heavy atom. The lowest BCUT2D eigenvalue weighted by atomic mass is 10.4. The molecule has 0 unspecified atom stereocenters. The van der Waals surface area contributed by atoms with Crippen molar-refractivity contribution in [1.29, 1.82) is 0 Å². The van der Waals surface area contributed by atoms with Gasteiger partial charge in [0, 0.05) is 0 Å². The summed E-state index contributed by atoms with van der Waals surface area (Å²) in [5.41, 5.74) is 0. The van der Waals surface area contributed by atoms with E-state index in [1.165, 1.54) is 16.8 Å². The van der Waals surface area contributed by atoms with E-state index in [-0.39, 0.29) is 0 Å². The van der Waals surface area contributed by atoms with Gasteiger partial charge in [0.1, 0.15) is 0 Å². The number of allylic oxidation sites excluding steroid dienone is 2. The van der Waals surface area contributed by atoms with E-state index in [4.69, 9.17) is 0 Å². The van der Waals surface area contributed by atoms with Gasteiger partial charge in [-0.3, -0.25) is 0 Å². The van der Waals surface area contributed by atoms with Gasteiger partial charge in [0.25, 0.3) is 0 Å². The van der Waals surface area contributed by atoms with Gasteiger partial charge in [0.2, 0.25) is 0 Å². The average molecular weight is 269 g/mol. The molecule has 0 saturated carbocycles. The van der Waals surface area contributed by atoms with E-state index >= 15 is 0 Å². The van der Waals surface area contributed by atoms with Crippen molar-refractivity contribution < 1.29 is 0 Å². The first-order chi connectivity index (χ1) is 9.33. The monoisotopic (exact) mass is 269 g/mol. The number of rotatable bonds is 5. The Hall–Kier alpha value is -1.39. The second-order valence-electron chi connectivity index (χ2n) is 4.71. The van der Waals surface area contributed by atoms with Crippen LogP contribution in [-0.2, 0) is 0 Å². The van der Waals surface area contributed by atoms with E-state index in [0.29, 0.717) is 0 Å². The van der Waals surface area contributed by atoms with Gasteiger partial charge in [-0.25, -0.2) is 0 Å². The second-order valence-corrected chi connectivity index (χ2v) is 8.67. The van der Waals surface area contributed by atoms with Gasteiger partial charge < -0.3 is 0 Å². The zero-order valence-electron chi connectivity index (χ0n) is 11.8. The molecular formula is C18H22P+. The molecule has 0 amide bonds. The number of hydrogen-bond acceptors (Lipinski definition) is 0. The van der Waals surface area contributed by atoms with E-state index in [9.17, 15) is 0 Å². The minimum Gasteiger partial charge on any atom is -0.0881 e. The summed E-state index contributed by atoms with van der Waals surface area (Å²) in [5.74, 6) is 0. The normalized spacial score (nSPS) is 11.9. The molecule has 2 rings (SSSR count). The Labute approximate surface area is 117 Å². The Kier molecular flexibility index (Phi) is 4.93. The molecule has 0 aliphatic rings. The van der Waals surface area contributed by atoms with Crippen molar-refractivity contribution >= 4 is 17.9 Å². The lowest BCUT2D eigenvalue weighted by Gasteiger charge is -2.25. The average Bonchev–Trinajstić information content (AvgIpc) is 2.51. The molecule has 0 aromatic heterocycles. The van der Waals surface area contributed by atoms with Crippen molar-refractivity contribution in [3.05, 3.63) is 72.8 Å². The van der Waals surface area contributed by atoms with Crippen LogP contribution < -0.4 is 10.6 Å². The van der Waals surface area contributed by atoms with Gasteiger partial charge >= 0.3 is 0 Å². The maximum Gasteiger partial charge on any atom is 0.0995 e. The number of benzene rings is 2. The summed E-state index contributed by atoms with van der Waals surface area (Å²) >= 11 is 0. The zero-order valence-corrected chi connectivity index (χ0v) is 12.7. The van der Waals surface area contributed by atoms with E-state index < -0.39 is 7.26 Å². The van der Waals surface area contributed by atoms with Crippen molar-refractivity contribution in [3.63, 3.8) is 0 Å². The highest BCUT2D eigenvalue weighted by molar-refractivity contribution is 7.89. The van der Waals surface area contributed by atoms with E-state index in [1.54, 1.807) is 0 Å². The highest BCUT2D eigenvalue weighted by atomic mass is 31.2. The fourth-order valence-electron chi connectivity index (χ4n) is 2.57. The molecule has 0 bridgehead atoms. The molecule has 98 valence electrons. The molecule has 0 radical (unpaired) electrons. The molecule has 1 heteroatoms. The molecule has 0 N–H and O–H groups in total. The molecule has 2 aromatic carbocycles. The molecular weight excluding hydrogens is 247 g/mol. The molecule has 2 aromatic rings. The molecule has 0 aliphatic heterocycles. The summed E-state index contributed by atoms with van der Waals surface area (Å²) in [6.07, 6.45) is 6.88. The lowest BCUT2D eigenvalue weighted by Crippen LogP contribution is -2.26. The SMILES string of the molecule is C/C=C/C[P+](CC)(c1ccccc1)c1ccccc1. The maximum absolute atomic E-state index is 2.33. The van der Waals surface area contributed by atoms with Crippen molar-refractivity contribution in [2.45, 2.75) is 13.8 Å². The van der Waals surface area contributed by atoms with Gasteiger partial charge in [-0.2, -0.15) is 0 Å². The van der Waals surface area contributed by atoms with E-state index in [0.717, 1.165) is 6.16 Å². The highest BCUT2D eigenvalue weighted by Gasteiger charge is 2.39. The fraction of sp³-hybridized carbons (Fsp3) is 0.222. The summed E-state index contributed by atoms with van der Waals surface area (Å²) < 4.78 is 0. The number of hydrogen-bond donors (Lipinski definition) is 0. The fourth-order valence-corrected chi connectivity index (χ4v) is 6.33. The highest BCUT2D eigenvalue weighted by Crippen LogP contribution is 2.55. The minimum atomic E-state index is -1.29. The van der Waals surface area contributed by atoms with Crippen LogP contribution in [0.4, 0.5) is 0 Å². The Balaban J connectivity index is 2.54. The summed E-state index contributed by atoms with van der Waals surface area (Å²) in [5, 5.41) is 3.03. The standard InChI is InChI=1S/C18H22P/c1-3-5-16-19(4-2,17-12-8-6-9-13-17)18-14-10-7-11-15-18/h3,5-15H,4,16H2,1-2H3/q+1/b5-3+. The van der Waals surface area contributed by atoms with Crippen LogP contribution in [0.25, 0.3) is 0 Å². The van der Waals surface area contributed by atoms with Crippen LogP contribution in [0.2, 0.25) is 0 Å². The predicted octanol–water partition coefficient (Wildman–Crippen LogP) is 4.25. The van der Waals surface area contributed by atoms with Gasteiger partial charge in [-0.05, 0) is 38.1 Å². The second kappa shape index (κ2) is 6.68. The van der Waals surface area contributed by atoms with Crippen molar-refractivity contribution in [1.82, 2.24) is 0 Å². The van der Waals surface area contributed by atoms with Crippen LogP contribution in [0.5, 0.6) is 0 Å². The van der Waals surface area contributed by atoms with E-state index in [2.05, 4.69) is 86.7 Å². The molecule has 0 spiro atoms. The van der Waals surface area contributed by atoms with Crippen LogP contribution in [0, 0.1) is 0 Å². The first kappa shape index (κ1) is 14.0. The van der Waals surface area contributed by atoms with Gasteiger partial charge in [0.15, 0.2) is 0 Å². The summed E-state index contributed by atoms with van der Waals surface area (Å²) in [6, 6.07) is 22.1. The van der Waals surface area contributed by atoms with Crippen molar-refractivity contribution in [2.24, 2.45) is 0 Å². The minimum absolute atomic E-state index is 1.16. The molecule has 0 atom stereocenters. The smallest absolute Gasteiger partial charge is 0.0881 e. The maximum atomic E-state index is 2.33. The van der Waals surface area contributed by atoms with Gasteiger partial charge in [-0.15, -0.1) is 0 Å². The first-order valence-electron chi connectivity index (χ1n) is 6.93. The lowest BCUT2D eigenvalue weighted by molar-refractivity contribution is 1.45. The third kappa shape index (κ3) is 2.96. The Morgan fingerprint density at radius 3 is 1.68 bits per heavy atom. The topological polar surface area (TPSA) is 0 Å². The summed E-state index contributed by atoms with van der Waals surface area (Å²) in [6.45, 7) is 4.44. The van der Waals surface area contributed by atoms with Crippen LogP contribution in [0.15, 0.2) is 72.8 Å².